The number of carbonyl (C=O) groups is 3. The van der Waals surface area contributed by atoms with Gasteiger partial charge < -0.3 is 20.5 Å². The zero-order valence-electron chi connectivity index (χ0n) is 18.2. The van der Waals surface area contributed by atoms with E-state index in [1.54, 1.807) is 6.92 Å². The lowest BCUT2D eigenvalue weighted by Gasteiger charge is -2.26. The summed E-state index contributed by atoms with van der Waals surface area (Å²) in [5.41, 5.74) is -0.840. The van der Waals surface area contributed by atoms with Gasteiger partial charge in [-0.05, 0) is 38.5 Å². The molecule has 3 N–H and O–H groups in total. The number of Topliss-reactive ketones (excluding diaryl/α,β-unsaturated/α-hetero) is 1. The summed E-state index contributed by atoms with van der Waals surface area (Å²) in [6, 6.07) is -1.79. The normalized spacial score (nSPS) is 21.9. The van der Waals surface area contributed by atoms with Crippen LogP contribution in [0, 0.1) is 11.8 Å². The van der Waals surface area contributed by atoms with E-state index in [2.05, 4.69) is 24.5 Å². The van der Waals surface area contributed by atoms with Crippen molar-refractivity contribution in [2.24, 2.45) is 11.8 Å². The molecule has 1 fully saturated rings. The highest BCUT2D eigenvalue weighted by Gasteiger charge is 2.50. The minimum absolute atomic E-state index is 0.168. The van der Waals surface area contributed by atoms with Gasteiger partial charge in [-0.2, -0.15) is 0 Å². The Balaban J connectivity index is 2.65. The number of rotatable bonds is 13. The molecule has 0 radical (unpaired) electrons. The van der Waals surface area contributed by atoms with Crippen LogP contribution in [0.3, 0.4) is 0 Å². The number of epoxide rings is 1. The van der Waals surface area contributed by atoms with E-state index in [1.807, 2.05) is 13.8 Å². The molecular formula is C21H38N2O5. The van der Waals surface area contributed by atoms with E-state index in [-0.39, 0.29) is 17.6 Å². The largest absolute Gasteiger partial charge is 0.391 e. The van der Waals surface area contributed by atoms with E-state index in [9.17, 15) is 19.5 Å². The van der Waals surface area contributed by atoms with E-state index in [0.717, 1.165) is 19.3 Å². The van der Waals surface area contributed by atoms with Gasteiger partial charge in [-0.15, -0.1) is 0 Å². The Morgan fingerprint density at radius 2 is 1.64 bits per heavy atom. The molecule has 1 aliphatic rings. The predicted octanol–water partition coefficient (Wildman–Crippen LogP) is 1.96. The first-order chi connectivity index (χ1) is 13.0. The monoisotopic (exact) mass is 398 g/mol. The fourth-order valence-corrected chi connectivity index (χ4v) is 3.07. The molecule has 7 nitrogen and oxygen atoms in total. The van der Waals surface area contributed by atoms with E-state index in [1.165, 1.54) is 6.92 Å². The Labute approximate surface area is 169 Å². The van der Waals surface area contributed by atoms with E-state index >= 15 is 0 Å². The molecule has 0 spiro atoms. The summed E-state index contributed by atoms with van der Waals surface area (Å²) in [7, 11) is 0. The van der Waals surface area contributed by atoms with Gasteiger partial charge >= 0.3 is 0 Å². The summed E-state index contributed by atoms with van der Waals surface area (Å²) in [4.78, 5) is 37.5. The van der Waals surface area contributed by atoms with Gasteiger partial charge in [0.15, 0.2) is 5.78 Å². The van der Waals surface area contributed by atoms with Crippen molar-refractivity contribution in [3.63, 3.8) is 0 Å². The summed E-state index contributed by atoms with van der Waals surface area (Å²) in [5.74, 6) is -0.203. The summed E-state index contributed by atoms with van der Waals surface area (Å²) in [5, 5.41) is 15.3. The maximum atomic E-state index is 12.7. The Bertz CT molecular complexity index is 541. The molecule has 0 aromatic carbocycles. The summed E-state index contributed by atoms with van der Waals surface area (Å²) in [6.45, 7) is 11.7. The molecule has 162 valence electrons. The van der Waals surface area contributed by atoms with Crippen molar-refractivity contribution in [1.29, 1.82) is 0 Å². The molecule has 2 amide bonds. The van der Waals surface area contributed by atoms with Crippen molar-refractivity contribution in [2.75, 3.05) is 6.61 Å². The first-order valence-electron chi connectivity index (χ1n) is 10.4. The summed E-state index contributed by atoms with van der Waals surface area (Å²) >= 11 is 0. The van der Waals surface area contributed by atoms with Crippen LogP contribution in [-0.2, 0) is 19.1 Å². The Morgan fingerprint density at radius 1 is 1.04 bits per heavy atom. The number of hydrogen-bond donors (Lipinski definition) is 3. The van der Waals surface area contributed by atoms with Crippen molar-refractivity contribution in [3.8, 4) is 0 Å². The molecule has 0 saturated carbocycles. The van der Waals surface area contributed by atoms with Gasteiger partial charge in [0, 0.05) is 6.42 Å². The number of aliphatic hydroxyl groups is 1. The number of nitrogens with one attached hydrogen (secondary N) is 2. The predicted molar refractivity (Wildman–Crippen MR) is 108 cm³/mol. The minimum Gasteiger partial charge on any atom is -0.391 e. The van der Waals surface area contributed by atoms with Gasteiger partial charge in [-0.1, -0.05) is 40.5 Å². The van der Waals surface area contributed by atoms with E-state index in [4.69, 9.17) is 4.74 Å². The molecule has 2 unspecified atom stereocenters. The number of aliphatic hydroxyl groups excluding tert-OH is 1. The van der Waals surface area contributed by atoms with Gasteiger partial charge in [0.25, 0.3) is 0 Å². The van der Waals surface area contributed by atoms with Crippen molar-refractivity contribution < 1.29 is 24.2 Å². The van der Waals surface area contributed by atoms with Crippen LogP contribution in [-0.4, -0.2) is 53.1 Å². The Hall–Kier alpha value is -1.47. The third-order valence-electron chi connectivity index (χ3n) is 4.96. The average molecular weight is 399 g/mol. The molecule has 0 aromatic rings. The molecule has 0 aromatic heterocycles. The third kappa shape index (κ3) is 8.27. The average Bonchev–Trinajstić information content (AvgIpc) is 3.33. The van der Waals surface area contributed by atoms with Crippen molar-refractivity contribution in [1.82, 2.24) is 10.6 Å². The van der Waals surface area contributed by atoms with Gasteiger partial charge in [0.2, 0.25) is 11.8 Å². The fourth-order valence-electron chi connectivity index (χ4n) is 3.07. The zero-order valence-corrected chi connectivity index (χ0v) is 18.2. The van der Waals surface area contributed by atoms with Gasteiger partial charge in [0.1, 0.15) is 11.6 Å². The molecule has 1 heterocycles. The molecular weight excluding hydrogens is 360 g/mol. The van der Waals surface area contributed by atoms with Crippen LogP contribution in [0.4, 0.5) is 0 Å². The number of unbranched alkanes of at least 4 members (excludes halogenated alkanes) is 1. The molecule has 0 aliphatic carbocycles. The number of ether oxygens (including phenoxy) is 1. The Kier molecular flexibility index (Phi) is 9.57. The summed E-state index contributed by atoms with van der Waals surface area (Å²) in [6.07, 6.45) is 2.45. The van der Waals surface area contributed by atoms with Crippen LogP contribution in [0.1, 0.15) is 73.6 Å². The van der Waals surface area contributed by atoms with E-state index in [0.29, 0.717) is 25.4 Å². The first kappa shape index (κ1) is 24.6. The van der Waals surface area contributed by atoms with Crippen molar-refractivity contribution in [3.05, 3.63) is 0 Å². The highest BCUT2D eigenvalue weighted by molar-refractivity contribution is 5.98. The second kappa shape index (κ2) is 10.9. The lowest BCUT2D eigenvalue weighted by Crippen LogP contribution is -2.57. The van der Waals surface area contributed by atoms with Gasteiger partial charge in [0.05, 0.1) is 18.8 Å². The number of carbonyl (C=O) groups excluding carboxylic acids is 3. The second-order valence-electron chi connectivity index (χ2n) is 9.00. The smallest absolute Gasteiger partial charge is 0.245 e. The molecule has 4 atom stereocenters. The molecule has 0 bridgehead atoms. The molecule has 1 saturated heterocycles. The van der Waals surface area contributed by atoms with Gasteiger partial charge in [-0.25, -0.2) is 0 Å². The zero-order chi connectivity index (χ0) is 21.5. The molecule has 1 rings (SSSR count). The minimum atomic E-state index is -1.09. The maximum absolute atomic E-state index is 12.7. The van der Waals surface area contributed by atoms with Crippen LogP contribution in [0.5, 0.6) is 0 Å². The third-order valence-corrected chi connectivity index (χ3v) is 4.96. The van der Waals surface area contributed by atoms with Crippen LogP contribution in [0.25, 0.3) is 0 Å². The number of ketones is 1. The highest BCUT2D eigenvalue weighted by Crippen LogP contribution is 2.29. The standard InChI is InChI=1S/C21H38N2O5/c1-13(2)9-7-8-10-17(25)23-18(15(5)24)20(27)22-16(11-14(3)4)19(26)21(6)12-28-21/h13-16,18,24H,7-12H2,1-6H3,(H,22,27)(H,23,25)/t15-,16?,18?,21-/m1/s1. The molecule has 7 heteroatoms. The quantitative estimate of drug-likeness (QED) is 0.325. The second-order valence-corrected chi connectivity index (χ2v) is 9.00. The summed E-state index contributed by atoms with van der Waals surface area (Å²) < 4.78 is 5.23. The van der Waals surface area contributed by atoms with Crippen LogP contribution in [0.2, 0.25) is 0 Å². The fraction of sp³-hybridized carbons (Fsp3) is 0.857. The van der Waals surface area contributed by atoms with Crippen molar-refractivity contribution >= 4 is 17.6 Å². The number of hydrogen-bond acceptors (Lipinski definition) is 5. The van der Waals surface area contributed by atoms with Crippen LogP contribution < -0.4 is 10.6 Å². The van der Waals surface area contributed by atoms with Crippen LogP contribution in [0.15, 0.2) is 0 Å². The first-order valence-corrected chi connectivity index (χ1v) is 10.4. The van der Waals surface area contributed by atoms with Crippen molar-refractivity contribution in [2.45, 2.75) is 97.4 Å². The van der Waals surface area contributed by atoms with Gasteiger partial charge in [-0.3, -0.25) is 14.4 Å². The Morgan fingerprint density at radius 3 is 2.11 bits per heavy atom. The SMILES string of the molecule is CC(C)CCCCC(=O)NC(C(=O)NC(CC(C)C)C(=O)[C@@]1(C)CO1)[C@@H](C)O. The lowest BCUT2D eigenvalue weighted by atomic mass is 9.93. The highest BCUT2D eigenvalue weighted by atomic mass is 16.6. The molecule has 1 aliphatic heterocycles. The number of amides is 2. The maximum Gasteiger partial charge on any atom is 0.245 e. The van der Waals surface area contributed by atoms with E-state index < -0.39 is 29.7 Å². The molecule has 28 heavy (non-hydrogen) atoms. The topological polar surface area (TPSA) is 108 Å². The lowest BCUT2D eigenvalue weighted by molar-refractivity contribution is -0.135. The van der Waals surface area contributed by atoms with Crippen LogP contribution >= 0.6 is 0 Å².